The van der Waals surface area contributed by atoms with E-state index in [0.29, 0.717) is 12.0 Å². The highest BCUT2D eigenvalue weighted by Crippen LogP contribution is 2.10. The highest BCUT2D eigenvalue weighted by atomic mass is 15.1. The van der Waals surface area contributed by atoms with Crippen molar-refractivity contribution in [2.75, 3.05) is 19.6 Å². The molecule has 0 aliphatic carbocycles. The van der Waals surface area contributed by atoms with E-state index in [1.54, 1.807) is 0 Å². The Morgan fingerprint density at radius 1 is 1.06 bits per heavy atom. The Balaban J connectivity index is 3.83. The van der Waals surface area contributed by atoms with Crippen molar-refractivity contribution >= 4 is 0 Å². The van der Waals surface area contributed by atoms with Crippen molar-refractivity contribution in [2.24, 2.45) is 11.7 Å². The standard InChI is InChI=1S/C14H32N2/c1-5-7-8-10-16(13(3)4)11-9-14(6-2)12-15/h13-14H,5-12,15H2,1-4H3. The fourth-order valence-electron chi connectivity index (χ4n) is 2.03. The molecule has 1 unspecified atom stereocenters. The van der Waals surface area contributed by atoms with Crippen LogP contribution < -0.4 is 5.73 Å². The summed E-state index contributed by atoms with van der Waals surface area (Å²) in [7, 11) is 0. The summed E-state index contributed by atoms with van der Waals surface area (Å²) in [6, 6.07) is 0.673. The maximum absolute atomic E-state index is 5.75. The van der Waals surface area contributed by atoms with Gasteiger partial charge in [0.1, 0.15) is 0 Å². The molecule has 0 spiro atoms. The van der Waals surface area contributed by atoms with E-state index in [2.05, 4.69) is 32.6 Å². The van der Waals surface area contributed by atoms with Crippen molar-refractivity contribution in [3.8, 4) is 0 Å². The first kappa shape index (κ1) is 15.9. The van der Waals surface area contributed by atoms with Gasteiger partial charge in [0, 0.05) is 6.04 Å². The third kappa shape index (κ3) is 7.24. The lowest BCUT2D eigenvalue weighted by molar-refractivity contribution is 0.201. The summed E-state index contributed by atoms with van der Waals surface area (Å²) in [6.45, 7) is 12.4. The van der Waals surface area contributed by atoms with Crippen molar-refractivity contribution in [3.05, 3.63) is 0 Å². The normalized spacial score (nSPS) is 13.7. The zero-order chi connectivity index (χ0) is 12.4. The van der Waals surface area contributed by atoms with Gasteiger partial charge in [-0.25, -0.2) is 0 Å². The number of rotatable bonds is 10. The first-order chi connectivity index (χ1) is 7.65. The van der Waals surface area contributed by atoms with E-state index in [1.807, 2.05) is 0 Å². The van der Waals surface area contributed by atoms with Crippen molar-refractivity contribution < 1.29 is 0 Å². The summed E-state index contributed by atoms with van der Waals surface area (Å²) < 4.78 is 0. The lowest BCUT2D eigenvalue weighted by atomic mass is 10.0. The number of nitrogens with two attached hydrogens (primary N) is 1. The van der Waals surface area contributed by atoms with Crippen LogP contribution in [0.1, 0.15) is 59.8 Å². The molecule has 0 aromatic carbocycles. The minimum absolute atomic E-state index is 0.673. The third-order valence-corrected chi connectivity index (χ3v) is 3.51. The molecule has 0 bridgehead atoms. The minimum Gasteiger partial charge on any atom is -0.330 e. The third-order valence-electron chi connectivity index (χ3n) is 3.51. The van der Waals surface area contributed by atoms with Crippen LogP contribution in [-0.2, 0) is 0 Å². The zero-order valence-corrected chi connectivity index (χ0v) is 11.8. The topological polar surface area (TPSA) is 29.3 Å². The molecule has 0 aliphatic rings. The van der Waals surface area contributed by atoms with Crippen LogP contribution in [0, 0.1) is 5.92 Å². The van der Waals surface area contributed by atoms with E-state index in [1.165, 1.54) is 45.2 Å². The Labute approximate surface area is 103 Å². The molecular weight excluding hydrogens is 196 g/mol. The minimum atomic E-state index is 0.673. The number of nitrogens with zero attached hydrogens (tertiary/aromatic N) is 1. The molecule has 0 amide bonds. The molecule has 1 atom stereocenters. The van der Waals surface area contributed by atoms with Gasteiger partial charge in [0.2, 0.25) is 0 Å². The largest absolute Gasteiger partial charge is 0.330 e. The van der Waals surface area contributed by atoms with E-state index in [9.17, 15) is 0 Å². The first-order valence-electron chi connectivity index (χ1n) is 7.09. The molecule has 0 rings (SSSR count). The number of hydrogen-bond acceptors (Lipinski definition) is 2. The molecule has 2 nitrogen and oxygen atoms in total. The molecule has 0 aromatic heterocycles. The van der Waals surface area contributed by atoms with Gasteiger partial charge in [0.25, 0.3) is 0 Å². The van der Waals surface area contributed by atoms with E-state index < -0.39 is 0 Å². The van der Waals surface area contributed by atoms with Gasteiger partial charge >= 0.3 is 0 Å². The van der Waals surface area contributed by atoms with Gasteiger partial charge in [-0.05, 0) is 52.2 Å². The average Bonchev–Trinajstić information content (AvgIpc) is 2.27. The summed E-state index contributed by atoms with van der Waals surface area (Å²) in [4.78, 5) is 2.61. The van der Waals surface area contributed by atoms with Crippen molar-refractivity contribution in [2.45, 2.75) is 65.8 Å². The second-order valence-electron chi connectivity index (χ2n) is 5.14. The molecule has 98 valence electrons. The maximum Gasteiger partial charge on any atom is 0.00385 e. The van der Waals surface area contributed by atoms with Crippen LogP contribution in [0.2, 0.25) is 0 Å². The summed E-state index contributed by atoms with van der Waals surface area (Å²) in [5.41, 5.74) is 5.75. The Morgan fingerprint density at radius 2 is 1.75 bits per heavy atom. The van der Waals surface area contributed by atoms with Crippen LogP contribution in [0.5, 0.6) is 0 Å². The molecule has 0 aliphatic heterocycles. The van der Waals surface area contributed by atoms with Gasteiger partial charge in [-0.1, -0.05) is 33.1 Å². The Hall–Kier alpha value is -0.0800. The average molecular weight is 228 g/mol. The first-order valence-corrected chi connectivity index (χ1v) is 7.09. The highest BCUT2D eigenvalue weighted by molar-refractivity contribution is 4.66. The lowest BCUT2D eigenvalue weighted by Crippen LogP contribution is -2.34. The van der Waals surface area contributed by atoms with Crippen LogP contribution in [0.25, 0.3) is 0 Å². The molecule has 16 heavy (non-hydrogen) atoms. The quantitative estimate of drug-likeness (QED) is 0.582. The second-order valence-corrected chi connectivity index (χ2v) is 5.14. The Morgan fingerprint density at radius 3 is 2.19 bits per heavy atom. The van der Waals surface area contributed by atoms with Gasteiger partial charge in [-0.2, -0.15) is 0 Å². The number of hydrogen-bond donors (Lipinski definition) is 1. The predicted octanol–water partition coefficient (Wildman–Crippen LogP) is 3.26. The molecule has 0 saturated carbocycles. The van der Waals surface area contributed by atoms with Crippen LogP contribution >= 0.6 is 0 Å². The van der Waals surface area contributed by atoms with Crippen molar-refractivity contribution in [1.29, 1.82) is 0 Å². The molecule has 0 heterocycles. The molecule has 0 radical (unpaired) electrons. The smallest absolute Gasteiger partial charge is 0.00385 e. The van der Waals surface area contributed by atoms with Crippen LogP contribution in [0.15, 0.2) is 0 Å². The SMILES string of the molecule is CCCCCN(CCC(CC)CN)C(C)C. The van der Waals surface area contributed by atoms with E-state index in [-0.39, 0.29) is 0 Å². The van der Waals surface area contributed by atoms with E-state index in [4.69, 9.17) is 5.73 Å². The predicted molar refractivity (Wildman–Crippen MR) is 73.7 cm³/mol. The maximum atomic E-state index is 5.75. The number of unbranched alkanes of at least 4 members (excludes halogenated alkanes) is 2. The zero-order valence-electron chi connectivity index (χ0n) is 11.8. The lowest BCUT2D eigenvalue weighted by Gasteiger charge is -2.28. The molecule has 0 fully saturated rings. The monoisotopic (exact) mass is 228 g/mol. The Bertz CT molecular complexity index is 142. The van der Waals surface area contributed by atoms with Crippen LogP contribution in [0.4, 0.5) is 0 Å². The van der Waals surface area contributed by atoms with Gasteiger partial charge in [0.15, 0.2) is 0 Å². The highest BCUT2D eigenvalue weighted by Gasteiger charge is 2.11. The van der Waals surface area contributed by atoms with Gasteiger partial charge < -0.3 is 10.6 Å². The molecule has 0 saturated heterocycles. The summed E-state index contributed by atoms with van der Waals surface area (Å²) in [5.74, 6) is 0.715. The summed E-state index contributed by atoms with van der Waals surface area (Å²) >= 11 is 0. The summed E-state index contributed by atoms with van der Waals surface area (Å²) in [5, 5.41) is 0. The van der Waals surface area contributed by atoms with Gasteiger partial charge in [-0.15, -0.1) is 0 Å². The fourth-order valence-corrected chi connectivity index (χ4v) is 2.03. The summed E-state index contributed by atoms with van der Waals surface area (Å²) in [6.07, 6.45) is 6.49. The molecule has 2 N–H and O–H groups in total. The second kappa shape index (κ2) is 10.1. The van der Waals surface area contributed by atoms with Crippen molar-refractivity contribution in [3.63, 3.8) is 0 Å². The van der Waals surface area contributed by atoms with Gasteiger partial charge in [-0.3, -0.25) is 0 Å². The molecular formula is C14H32N2. The van der Waals surface area contributed by atoms with Crippen LogP contribution in [-0.4, -0.2) is 30.6 Å². The van der Waals surface area contributed by atoms with Crippen molar-refractivity contribution in [1.82, 2.24) is 4.90 Å². The Kier molecular flexibility index (Phi) is 10.0. The molecule has 2 heteroatoms. The molecule has 0 aromatic rings. The van der Waals surface area contributed by atoms with Gasteiger partial charge in [0.05, 0.1) is 0 Å². The fraction of sp³-hybridized carbons (Fsp3) is 1.00. The van der Waals surface area contributed by atoms with Crippen LogP contribution in [0.3, 0.4) is 0 Å². The van der Waals surface area contributed by atoms with E-state index in [0.717, 1.165) is 6.54 Å². The van der Waals surface area contributed by atoms with E-state index >= 15 is 0 Å².